The lowest BCUT2D eigenvalue weighted by atomic mass is 10.0. The zero-order chi connectivity index (χ0) is 25.8. The maximum Gasteiger partial charge on any atom is 0.339 e. The van der Waals surface area contributed by atoms with Gasteiger partial charge in [0, 0.05) is 28.1 Å². The van der Waals surface area contributed by atoms with Crippen molar-refractivity contribution in [2.75, 3.05) is 0 Å². The highest BCUT2D eigenvalue weighted by Gasteiger charge is 2.16. The zero-order valence-electron chi connectivity index (χ0n) is 19.3. The number of carbonyl (C=O) groups excluding carboxylic acids is 1. The molecule has 0 aliphatic carbocycles. The number of hydrogen-bond donors (Lipinski definition) is 0. The van der Waals surface area contributed by atoms with Crippen LogP contribution in [0.4, 0.5) is 5.69 Å². The lowest BCUT2D eigenvalue weighted by molar-refractivity contribution is -0.384. The topological polar surface area (TPSA) is 91.6 Å². The van der Waals surface area contributed by atoms with E-state index in [9.17, 15) is 14.9 Å². The first-order chi connectivity index (χ1) is 18.0. The van der Waals surface area contributed by atoms with E-state index in [0.717, 1.165) is 11.1 Å². The Bertz CT molecular complexity index is 1600. The number of carbonyl (C=O) groups is 1. The van der Waals surface area contributed by atoms with Crippen molar-refractivity contribution in [1.82, 2.24) is 4.98 Å². The lowest BCUT2D eigenvalue weighted by Gasteiger charge is -2.11. The van der Waals surface area contributed by atoms with Crippen molar-refractivity contribution in [3.05, 3.63) is 129 Å². The first-order valence-corrected chi connectivity index (χ1v) is 11.7. The van der Waals surface area contributed by atoms with Gasteiger partial charge in [-0.3, -0.25) is 10.1 Å². The fourth-order valence-corrected chi connectivity index (χ4v) is 3.94. The number of nitrogens with zero attached hydrogens (tertiary/aromatic N) is 2. The van der Waals surface area contributed by atoms with Crippen molar-refractivity contribution in [3.8, 4) is 22.8 Å². The Balaban J connectivity index is 1.34. The molecule has 0 aliphatic heterocycles. The first kappa shape index (κ1) is 24.0. The first-order valence-electron chi connectivity index (χ1n) is 11.3. The number of aromatic nitrogens is 1. The maximum absolute atomic E-state index is 13.2. The minimum atomic E-state index is -0.476. The van der Waals surface area contributed by atoms with Crippen LogP contribution in [0.1, 0.15) is 15.9 Å². The summed E-state index contributed by atoms with van der Waals surface area (Å²) in [5.41, 5.74) is 3.27. The Morgan fingerprint density at radius 3 is 2.38 bits per heavy atom. The number of esters is 1. The van der Waals surface area contributed by atoms with Crippen molar-refractivity contribution in [2.24, 2.45) is 0 Å². The fraction of sp³-hybridized carbons (Fsp3) is 0.0345. The Morgan fingerprint density at radius 1 is 0.865 bits per heavy atom. The molecule has 0 radical (unpaired) electrons. The van der Waals surface area contributed by atoms with Gasteiger partial charge in [0.05, 0.1) is 21.7 Å². The molecule has 0 unspecified atom stereocenters. The van der Waals surface area contributed by atoms with Crippen molar-refractivity contribution >= 4 is 34.2 Å². The average molecular weight is 511 g/mol. The van der Waals surface area contributed by atoms with E-state index in [1.165, 1.54) is 24.3 Å². The van der Waals surface area contributed by atoms with Crippen molar-refractivity contribution in [2.45, 2.75) is 6.61 Å². The molecular formula is C29H19ClN2O5. The number of non-ortho nitro benzene ring substituents is 1. The van der Waals surface area contributed by atoms with Crippen LogP contribution in [0.2, 0.25) is 5.02 Å². The number of fused-ring (bicyclic) bond motifs is 1. The molecule has 0 N–H and O–H groups in total. The molecule has 0 atom stereocenters. The van der Waals surface area contributed by atoms with Gasteiger partial charge < -0.3 is 9.47 Å². The van der Waals surface area contributed by atoms with Gasteiger partial charge in [-0.25, -0.2) is 9.78 Å². The van der Waals surface area contributed by atoms with E-state index in [1.807, 2.05) is 42.5 Å². The number of para-hydroxylation sites is 1. The highest BCUT2D eigenvalue weighted by molar-refractivity contribution is 6.30. The van der Waals surface area contributed by atoms with Crippen molar-refractivity contribution < 1.29 is 19.2 Å². The van der Waals surface area contributed by atoms with Crippen LogP contribution in [-0.4, -0.2) is 15.9 Å². The van der Waals surface area contributed by atoms with Crippen LogP contribution < -0.4 is 4.74 Å². The fourth-order valence-electron chi connectivity index (χ4n) is 3.81. The molecule has 5 aromatic rings. The molecule has 0 aliphatic rings. The van der Waals surface area contributed by atoms with E-state index in [0.29, 0.717) is 38.7 Å². The molecule has 8 heteroatoms. The number of hydrogen-bond acceptors (Lipinski definition) is 6. The zero-order valence-corrected chi connectivity index (χ0v) is 20.1. The van der Waals surface area contributed by atoms with Gasteiger partial charge in [-0.15, -0.1) is 0 Å². The smallest absolute Gasteiger partial charge is 0.339 e. The monoisotopic (exact) mass is 510 g/mol. The van der Waals surface area contributed by atoms with E-state index in [4.69, 9.17) is 26.1 Å². The summed E-state index contributed by atoms with van der Waals surface area (Å²) in [6.45, 7) is 0.0310. The molecule has 5 rings (SSSR count). The van der Waals surface area contributed by atoms with Crippen LogP contribution in [0.25, 0.3) is 22.2 Å². The standard InChI is InChI=1S/C29H19ClN2O5/c30-21-10-8-20(9-11-21)28-17-26(25-6-1-2-7-27(25)31-28)29(33)36-18-19-4-3-5-24(16-19)37-23-14-12-22(13-15-23)32(34)35/h1-17H,18H2. The normalized spacial score (nSPS) is 10.7. The summed E-state index contributed by atoms with van der Waals surface area (Å²) in [5.74, 6) is 0.495. The Hall–Kier alpha value is -4.75. The van der Waals surface area contributed by atoms with Crippen LogP contribution in [0, 0.1) is 10.1 Å². The van der Waals surface area contributed by atoms with Crippen LogP contribution in [-0.2, 0) is 11.3 Å². The van der Waals surface area contributed by atoms with E-state index < -0.39 is 10.9 Å². The summed E-state index contributed by atoms with van der Waals surface area (Å²) in [5, 5.41) is 12.1. The molecule has 1 aromatic heterocycles. The van der Waals surface area contributed by atoms with Gasteiger partial charge in [0.2, 0.25) is 0 Å². The summed E-state index contributed by atoms with van der Waals surface area (Å²) in [4.78, 5) is 28.2. The van der Waals surface area contributed by atoms with Gasteiger partial charge in [0.15, 0.2) is 0 Å². The number of pyridine rings is 1. The van der Waals surface area contributed by atoms with Crippen LogP contribution in [0.5, 0.6) is 11.5 Å². The maximum atomic E-state index is 13.2. The molecule has 37 heavy (non-hydrogen) atoms. The molecule has 0 fully saturated rings. The molecular weight excluding hydrogens is 492 g/mol. The van der Waals surface area contributed by atoms with E-state index >= 15 is 0 Å². The summed E-state index contributed by atoms with van der Waals surface area (Å²) in [7, 11) is 0. The molecule has 0 bridgehead atoms. The Labute approximate surface area is 217 Å². The number of benzene rings is 4. The van der Waals surface area contributed by atoms with Crippen molar-refractivity contribution in [1.29, 1.82) is 0 Å². The molecule has 182 valence electrons. The SMILES string of the molecule is O=C(OCc1cccc(Oc2ccc([N+](=O)[O-])cc2)c1)c1cc(-c2ccc(Cl)cc2)nc2ccccc12. The second-order valence-electron chi connectivity index (χ2n) is 8.16. The summed E-state index contributed by atoms with van der Waals surface area (Å²) < 4.78 is 11.5. The van der Waals surface area contributed by atoms with Gasteiger partial charge >= 0.3 is 5.97 Å². The van der Waals surface area contributed by atoms with Gasteiger partial charge in [-0.2, -0.15) is 0 Å². The molecule has 1 heterocycles. The van der Waals surface area contributed by atoms with E-state index in [1.54, 1.807) is 36.4 Å². The molecule has 0 spiro atoms. The highest BCUT2D eigenvalue weighted by atomic mass is 35.5. The number of nitro benzene ring substituents is 1. The number of nitro groups is 1. The van der Waals surface area contributed by atoms with Gasteiger partial charge in [0.25, 0.3) is 5.69 Å². The summed E-state index contributed by atoms with van der Waals surface area (Å²) in [6, 6.07) is 29.3. The molecule has 0 saturated carbocycles. The number of halogens is 1. The van der Waals surface area contributed by atoms with E-state index in [-0.39, 0.29) is 12.3 Å². The second-order valence-corrected chi connectivity index (χ2v) is 8.59. The summed E-state index contributed by atoms with van der Waals surface area (Å²) in [6.07, 6.45) is 0. The third-order valence-electron chi connectivity index (χ3n) is 5.63. The molecule has 0 amide bonds. The highest BCUT2D eigenvalue weighted by Crippen LogP contribution is 2.28. The van der Waals surface area contributed by atoms with Gasteiger partial charge in [-0.05, 0) is 54.1 Å². The summed E-state index contributed by atoms with van der Waals surface area (Å²) >= 11 is 6.02. The molecule has 4 aromatic carbocycles. The minimum Gasteiger partial charge on any atom is -0.457 e. The second kappa shape index (κ2) is 10.5. The molecule has 0 saturated heterocycles. The number of rotatable bonds is 7. The largest absolute Gasteiger partial charge is 0.457 e. The van der Waals surface area contributed by atoms with Crippen molar-refractivity contribution in [3.63, 3.8) is 0 Å². The van der Waals surface area contributed by atoms with Gasteiger partial charge in [-0.1, -0.05) is 54.1 Å². The van der Waals surface area contributed by atoms with Crippen LogP contribution in [0.15, 0.2) is 103 Å². The molecule has 7 nitrogen and oxygen atoms in total. The number of ether oxygens (including phenoxy) is 2. The lowest BCUT2D eigenvalue weighted by Crippen LogP contribution is -2.07. The third kappa shape index (κ3) is 5.58. The average Bonchev–Trinajstić information content (AvgIpc) is 2.92. The van der Waals surface area contributed by atoms with Gasteiger partial charge in [0.1, 0.15) is 18.1 Å². The minimum absolute atomic E-state index is 0.0177. The predicted octanol–water partition coefficient (Wildman–Crippen LogP) is 7.61. The Kier molecular flexibility index (Phi) is 6.78. The third-order valence-corrected chi connectivity index (χ3v) is 5.88. The predicted molar refractivity (Wildman–Crippen MR) is 141 cm³/mol. The van der Waals surface area contributed by atoms with Crippen LogP contribution in [0.3, 0.4) is 0 Å². The quantitative estimate of drug-likeness (QED) is 0.127. The van der Waals surface area contributed by atoms with E-state index in [2.05, 4.69) is 0 Å². The van der Waals surface area contributed by atoms with Crippen LogP contribution >= 0.6 is 11.6 Å². The Morgan fingerprint density at radius 2 is 1.62 bits per heavy atom.